The molecule has 0 aliphatic heterocycles. The van der Waals surface area contributed by atoms with Gasteiger partial charge in [0.05, 0.1) is 22.0 Å². The number of aryl methyl sites for hydroxylation is 1. The summed E-state index contributed by atoms with van der Waals surface area (Å²) in [5, 5.41) is 21.0. The van der Waals surface area contributed by atoms with Crippen molar-refractivity contribution in [2.24, 2.45) is 0 Å². The van der Waals surface area contributed by atoms with E-state index in [9.17, 15) is 18.4 Å². The molecule has 4 rings (SSSR count). The second-order valence-corrected chi connectivity index (χ2v) is 11.2. The van der Waals surface area contributed by atoms with E-state index >= 15 is 0 Å². The highest BCUT2D eigenvalue weighted by Crippen LogP contribution is 2.26. The number of pyridine rings is 1. The first-order valence-corrected chi connectivity index (χ1v) is 14.6. The first kappa shape index (κ1) is 29.8. The molecule has 1 aromatic carbocycles. The summed E-state index contributed by atoms with van der Waals surface area (Å²) in [6.45, 7) is 3.54. The zero-order valence-corrected chi connectivity index (χ0v) is 25.1. The lowest BCUT2D eigenvalue weighted by Crippen LogP contribution is -2.35. The Morgan fingerprint density at radius 2 is 1.98 bits per heavy atom. The van der Waals surface area contributed by atoms with E-state index in [4.69, 9.17) is 11.6 Å². The first-order valence-electron chi connectivity index (χ1n) is 11.7. The van der Waals surface area contributed by atoms with Gasteiger partial charge in [-0.25, -0.2) is 18.4 Å². The molecule has 16 heteroatoms. The van der Waals surface area contributed by atoms with Gasteiger partial charge in [-0.05, 0) is 83.8 Å². The molecule has 40 heavy (non-hydrogen) atoms. The Morgan fingerprint density at radius 1 is 1.20 bits per heavy atom. The number of rotatable bonds is 10. The lowest BCUT2D eigenvalue weighted by atomic mass is 10.1. The van der Waals surface area contributed by atoms with E-state index in [2.05, 4.69) is 58.7 Å². The zero-order chi connectivity index (χ0) is 29.0. The van der Waals surface area contributed by atoms with Crippen molar-refractivity contribution in [3.8, 4) is 5.82 Å². The number of nitrogens with zero attached hydrogens (tertiary/aromatic N) is 7. The molecule has 1 atom stereocenters. The predicted octanol–water partition coefficient (Wildman–Crippen LogP) is 4.54. The fourth-order valence-electron chi connectivity index (χ4n) is 3.78. The summed E-state index contributed by atoms with van der Waals surface area (Å²) < 4.78 is 27.9. The molecular weight excluding hydrogens is 679 g/mol. The monoisotopic (exact) mass is 701 g/mol. The van der Waals surface area contributed by atoms with Crippen LogP contribution in [0.25, 0.3) is 5.82 Å². The summed E-state index contributed by atoms with van der Waals surface area (Å²) in [5.74, 6) is -0.758. The quantitative estimate of drug-likeness (QED) is 0.231. The van der Waals surface area contributed by atoms with Crippen molar-refractivity contribution < 1.29 is 18.4 Å². The van der Waals surface area contributed by atoms with Gasteiger partial charge in [-0.15, -0.1) is 10.2 Å². The first-order chi connectivity index (χ1) is 19.1. The number of aromatic nitrogens is 7. The average Bonchev–Trinajstić information content (AvgIpc) is 3.53. The van der Waals surface area contributed by atoms with Crippen LogP contribution in [0.15, 0.2) is 36.5 Å². The number of halogens is 4. The second-order valence-electron chi connectivity index (χ2n) is 8.65. The van der Waals surface area contributed by atoms with Crippen molar-refractivity contribution >= 4 is 63.5 Å². The van der Waals surface area contributed by atoms with Gasteiger partial charge in [0.25, 0.3) is 11.8 Å². The third-order valence-corrected chi connectivity index (χ3v) is 7.23. The molecule has 0 aliphatic rings. The Bertz CT molecular complexity index is 1550. The summed E-state index contributed by atoms with van der Waals surface area (Å²) in [6, 6.07) is 8.10. The molecule has 4 aromatic rings. The predicted molar refractivity (Wildman–Crippen MR) is 155 cm³/mol. The zero-order valence-electron chi connectivity index (χ0n) is 21.4. The van der Waals surface area contributed by atoms with Crippen LogP contribution in [0.5, 0.6) is 0 Å². The minimum Gasteiger partial charge on any atom is -0.349 e. The Hall–Kier alpha value is -3.18. The van der Waals surface area contributed by atoms with E-state index in [0.29, 0.717) is 16.8 Å². The summed E-state index contributed by atoms with van der Waals surface area (Å²) in [5.41, 5.74) is 1.61. The number of hydrogen-bond donors (Lipinski definition) is 2. The number of alkyl halides is 2. The highest BCUT2D eigenvalue weighted by atomic mass is 127. The van der Waals surface area contributed by atoms with Gasteiger partial charge >= 0.3 is 6.43 Å². The number of amides is 2. The van der Waals surface area contributed by atoms with Crippen LogP contribution in [0.3, 0.4) is 0 Å². The van der Waals surface area contributed by atoms with E-state index in [1.807, 2.05) is 19.2 Å². The fraction of sp³-hybridized carbons (Fsp3) is 0.292. The van der Waals surface area contributed by atoms with Crippen LogP contribution >= 0.6 is 46.0 Å². The van der Waals surface area contributed by atoms with Gasteiger partial charge in [0, 0.05) is 21.6 Å². The number of tetrazole rings is 1. The minimum atomic E-state index is -2.88. The molecule has 0 saturated carbocycles. The molecule has 3 aromatic heterocycles. The molecular formula is C24H23ClF2IN9O2S. The van der Waals surface area contributed by atoms with Crippen LogP contribution < -0.4 is 10.6 Å². The lowest BCUT2D eigenvalue weighted by Gasteiger charge is -2.18. The highest BCUT2D eigenvalue weighted by Gasteiger charge is 2.24. The third kappa shape index (κ3) is 6.93. The van der Waals surface area contributed by atoms with Gasteiger partial charge in [-0.2, -0.15) is 21.7 Å². The number of benzene rings is 1. The molecule has 0 fully saturated rings. The van der Waals surface area contributed by atoms with Crippen LogP contribution in [0, 0.1) is 10.5 Å². The standard InChI is InChI=1S/C24H23ClF2IN9O2S/c1-12-7-14(28)8-16(23(38)30-13(2)11-40-3)19(12)31-24(39)18-9-15(10-36-34-21(20(26)27)32-35-36)33-37(18)22-17(25)5-4-6-29-22/h4-9,13,20H,10-11H2,1-3H3,(H,30,38)(H,31,39)/t13-/m0/s1. The SMILES string of the molecule is CSC[C@H](C)NC(=O)c1cc(I)cc(C)c1NC(=O)c1cc(Cn2nnc(C(F)F)n2)nn1-c1ncccc1Cl. The van der Waals surface area contributed by atoms with Crippen LogP contribution in [0.1, 0.15) is 51.3 Å². The van der Waals surface area contributed by atoms with Gasteiger partial charge in [0.15, 0.2) is 5.82 Å². The van der Waals surface area contributed by atoms with Crippen molar-refractivity contribution in [1.29, 1.82) is 0 Å². The number of thioether (sulfide) groups is 1. The Morgan fingerprint density at radius 3 is 2.65 bits per heavy atom. The van der Waals surface area contributed by atoms with Gasteiger partial charge in [0.1, 0.15) is 12.2 Å². The molecule has 0 bridgehead atoms. The Balaban J connectivity index is 1.71. The van der Waals surface area contributed by atoms with E-state index in [0.717, 1.165) is 14.1 Å². The van der Waals surface area contributed by atoms with Crippen LogP contribution in [0.4, 0.5) is 14.5 Å². The van der Waals surface area contributed by atoms with Crippen molar-refractivity contribution in [2.75, 3.05) is 17.3 Å². The average molecular weight is 702 g/mol. The fourth-order valence-corrected chi connectivity index (χ4v) is 5.34. The molecule has 0 saturated heterocycles. The lowest BCUT2D eigenvalue weighted by molar-refractivity contribution is 0.0944. The van der Waals surface area contributed by atoms with Crippen LogP contribution in [-0.4, -0.2) is 64.8 Å². The molecule has 0 radical (unpaired) electrons. The Kier molecular flexibility index (Phi) is 9.68. The van der Waals surface area contributed by atoms with Gasteiger partial charge < -0.3 is 10.6 Å². The molecule has 11 nitrogen and oxygen atoms in total. The van der Waals surface area contributed by atoms with E-state index < -0.39 is 18.2 Å². The van der Waals surface area contributed by atoms with Crippen molar-refractivity contribution in [3.63, 3.8) is 0 Å². The van der Waals surface area contributed by atoms with Gasteiger partial charge in [-0.3, -0.25) is 9.59 Å². The molecule has 210 valence electrons. The molecule has 0 unspecified atom stereocenters. The van der Waals surface area contributed by atoms with Gasteiger partial charge in [0.2, 0.25) is 5.82 Å². The minimum absolute atomic E-state index is 0.0323. The topological polar surface area (TPSA) is 133 Å². The van der Waals surface area contributed by atoms with Gasteiger partial charge in [-0.1, -0.05) is 11.6 Å². The maximum Gasteiger partial charge on any atom is 0.301 e. The summed E-state index contributed by atoms with van der Waals surface area (Å²) in [7, 11) is 0. The van der Waals surface area contributed by atoms with Crippen LogP contribution in [-0.2, 0) is 6.54 Å². The van der Waals surface area contributed by atoms with Crippen molar-refractivity contribution in [1.82, 2.24) is 40.3 Å². The third-order valence-electron chi connectivity index (χ3n) is 5.48. The number of nitrogens with one attached hydrogen (secondary N) is 2. The number of carbonyl (C=O) groups excluding carboxylic acids is 2. The second kappa shape index (κ2) is 13.0. The molecule has 2 N–H and O–H groups in total. The maximum atomic E-state index is 13.7. The van der Waals surface area contributed by atoms with Crippen molar-refractivity contribution in [3.05, 3.63) is 73.5 Å². The normalized spacial score (nSPS) is 12.0. The summed E-state index contributed by atoms with van der Waals surface area (Å²) in [4.78, 5) is 32.0. The summed E-state index contributed by atoms with van der Waals surface area (Å²) in [6.07, 6.45) is 0.554. The van der Waals surface area contributed by atoms with Crippen molar-refractivity contribution in [2.45, 2.75) is 32.9 Å². The van der Waals surface area contributed by atoms with E-state index in [1.165, 1.54) is 16.9 Å². The molecule has 0 aliphatic carbocycles. The molecule has 0 spiro atoms. The maximum absolute atomic E-state index is 13.7. The smallest absolute Gasteiger partial charge is 0.301 e. The van der Waals surface area contributed by atoms with E-state index in [-0.39, 0.29) is 40.7 Å². The Labute approximate surface area is 250 Å². The number of hydrogen-bond acceptors (Lipinski definition) is 8. The summed E-state index contributed by atoms with van der Waals surface area (Å²) >= 11 is 10.1. The number of anilines is 1. The molecule has 2 amide bonds. The highest BCUT2D eigenvalue weighted by molar-refractivity contribution is 14.1. The largest absolute Gasteiger partial charge is 0.349 e. The van der Waals surface area contributed by atoms with E-state index in [1.54, 1.807) is 36.9 Å². The van der Waals surface area contributed by atoms with Crippen LogP contribution in [0.2, 0.25) is 5.02 Å². The number of carbonyl (C=O) groups is 2. The molecule has 3 heterocycles.